The number of benzene rings is 1. The molecule has 102 valence electrons. The summed E-state index contributed by atoms with van der Waals surface area (Å²) in [6.45, 7) is 5.64. The van der Waals surface area contributed by atoms with Crippen molar-refractivity contribution in [2.24, 2.45) is 0 Å². The third kappa shape index (κ3) is 6.10. The maximum absolute atomic E-state index is 5.65. The summed E-state index contributed by atoms with van der Waals surface area (Å²) in [5, 5.41) is 0. The minimum absolute atomic E-state index is 0.409. The third-order valence-corrected chi connectivity index (χ3v) is 4.40. The highest BCUT2D eigenvalue weighted by Crippen LogP contribution is 2.19. The highest BCUT2D eigenvalue weighted by Gasteiger charge is 2.04. The number of halogens is 2. The largest absolute Gasteiger partial charge is 0.492 e. The van der Waals surface area contributed by atoms with E-state index in [0.29, 0.717) is 22.9 Å². The van der Waals surface area contributed by atoms with Crippen LogP contribution in [0.1, 0.15) is 26.7 Å². The highest BCUT2D eigenvalue weighted by molar-refractivity contribution is 9.09. The molecule has 0 spiro atoms. The van der Waals surface area contributed by atoms with Gasteiger partial charge in [-0.1, -0.05) is 45.7 Å². The molecule has 2 nitrogen and oxygen atoms in total. The van der Waals surface area contributed by atoms with Gasteiger partial charge in [0, 0.05) is 9.65 Å². The number of rotatable bonds is 8. The number of alkyl halides is 2. The summed E-state index contributed by atoms with van der Waals surface area (Å²) >= 11 is 7.09. The Morgan fingerprint density at radius 3 is 1.44 bits per heavy atom. The lowest BCUT2D eigenvalue weighted by atomic mass is 10.3. The first-order valence-corrected chi connectivity index (χ1v) is 8.12. The van der Waals surface area contributed by atoms with Gasteiger partial charge in [-0.15, -0.1) is 0 Å². The van der Waals surface area contributed by atoms with Crippen molar-refractivity contribution in [2.75, 3.05) is 13.2 Å². The van der Waals surface area contributed by atoms with Crippen LogP contribution in [0.15, 0.2) is 24.3 Å². The molecule has 0 aromatic heterocycles. The molecule has 1 aromatic rings. The fourth-order valence-electron chi connectivity index (χ4n) is 1.24. The minimum atomic E-state index is 0.409. The molecule has 0 heterocycles. The fourth-order valence-corrected chi connectivity index (χ4v) is 1.51. The van der Waals surface area contributed by atoms with E-state index in [1.165, 1.54) is 0 Å². The van der Waals surface area contributed by atoms with Crippen LogP contribution >= 0.6 is 31.9 Å². The van der Waals surface area contributed by atoms with Gasteiger partial charge in [-0.2, -0.15) is 0 Å². The molecular formula is C14H20Br2O2. The van der Waals surface area contributed by atoms with Crippen LogP contribution < -0.4 is 9.47 Å². The standard InChI is InChI=1S/C14H20Br2O2/c1-3-11(15)9-17-13-5-7-14(8-6-13)18-10-12(16)4-2/h5-8,11-12H,3-4,9-10H2,1-2H3. The summed E-state index contributed by atoms with van der Waals surface area (Å²) < 4.78 is 11.3. The van der Waals surface area contributed by atoms with Crippen LogP contribution in [0.3, 0.4) is 0 Å². The molecule has 2 atom stereocenters. The van der Waals surface area contributed by atoms with Gasteiger partial charge >= 0.3 is 0 Å². The average Bonchev–Trinajstić information content (AvgIpc) is 2.43. The molecule has 1 rings (SSSR count). The average molecular weight is 380 g/mol. The van der Waals surface area contributed by atoms with E-state index in [1.807, 2.05) is 24.3 Å². The van der Waals surface area contributed by atoms with Crippen molar-refractivity contribution in [3.05, 3.63) is 24.3 Å². The molecule has 2 unspecified atom stereocenters. The lowest BCUT2D eigenvalue weighted by Crippen LogP contribution is -2.10. The molecule has 0 aliphatic rings. The van der Waals surface area contributed by atoms with Gasteiger partial charge in [0.1, 0.15) is 24.7 Å². The zero-order valence-electron chi connectivity index (χ0n) is 10.9. The summed E-state index contributed by atoms with van der Waals surface area (Å²) in [5.74, 6) is 1.76. The zero-order chi connectivity index (χ0) is 13.4. The lowest BCUT2D eigenvalue weighted by molar-refractivity contribution is 0.308. The second-order valence-electron chi connectivity index (χ2n) is 4.10. The molecule has 0 saturated heterocycles. The Bertz CT molecular complexity index is 294. The summed E-state index contributed by atoms with van der Waals surface area (Å²) in [4.78, 5) is 0.819. The molecule has 1 aromatic carbocycles. The van der Waals surface area contributed by atoms with Crippen LogP contribution in [-0.2, 0) is 0 Å². The van der Waals surface area contributed by atoms with Gasteiger partial charge in [-0.05, 0) is 37.1 Å². The summed E-state index contributed by atoms with van der Waals surface area (Å²) in [5.41, 5.74) is 0. The van der Waals surface area contributed by atoms with E-state index < -0.39 is 0 Å². The third-order valence-electron chi connectivity index (χ3n) is 2.57. The molecule has 4 heteroatoms. The Hall–Kier alpha value is -0.220. The zero-order valence-corrected chi connectivity index (χ0v) is 14.0. The first-order valence-electron chi connectivity index (χ1n) is 6.29. The van der Waals surface area contributed by atoms with Crippen molar-refractivity contribution >= 4 is 31.9 Å². The molecule has 0 aliphatic carbocycles. The van der Waals surface area contributed by atoms with Gasteiger partial charge in [0.25, 0.3) is 0 Å². The Kier molecular flexibility index (Phi) is 7.75. The van der Waals surface area contributed by atoms with Crippen LogP contribution in [0.25, 0.3) is 0 Å². The quantitative estimate of drug-likeness (QED) is 0.604. The topological polar surface area (TPSA) is 18.5 Å². The monoisotopic (exact) mass is 378 g/mol. The number of hydrogen-bond donors (Lipinski definition) is 0. The molecule has 18 heavy (non-hydrogen) atoms. The Morgan fingerprint density at radius 2 is 1.17 bits per heavy atom. The SMILES string of the molecule is CCC(Br)COc1ccc(OCC(Br)CC)cc1. The summed E-state index contributed by atoms with van der Waals surface area (Å²) in [7, 11) is 0. The van der Waals surface area contributed by atoms with Gasteiger partial charge in [-0.3, -0.25) is 0 Å². The summed E-state index contributed by atoms with van der Waals surface area (Å²) in [6.07, 6.45) is 2.12. The van der Waals surface area contributed by atoms with Gasteiger partial charge < -0.3 is 9.47 Å². The molecule has 0 saturated carbocycles. The second kappa shape index (κ2) is 8.81. The van der Waals surface area contributed by atoms with Crippen LogP contribution in [0.2, 0.25) is 0 Å². The number of ether oxygens (including phenoxy) is 2. The van der Waals surface area contributed by atoms with Gasteiger partial charge in [0.2, 0.25) is 0 Å². The molecule has 0 fully saturated rings. The molecule has 0 N–H and O–H groups in total. The van der Waals surface area contributed by atoms with Crippen molar-refractivity contribution in [2.45, 2.75) is 36.3 Å². The van der Waals surface area contributed by atoms with Crippen molar-refractivity contribution in [1.82, 2.24) is 0 Å². The molecule has 0 radical (unpaired) electrons. The maximum Gasteiger partial charge on any atom is 0.119 e. The highest BCUT2D eigenvalue weighted by atomic mass is 79.9. The fraction of sp³-hybridized carbons (Fsp3) is 0.571. The Labute approximate surface area is 126 Å². The van der Waals surface area contributed by atoms with Crippen LogP contribution in [0.5, 0.6) is 11.5 Å². The first-order chi connectivity index (χ1) is 8.65. The maximum atomic E-state index is 5.65. The van der Waals surface area contributed by atoms with Crippen molar-refractivity contribution < 1.29 is 9.47 Å². The second-order valence-corrected chi connectivity index (χ2v) is 6.69. The van der Waals surface area contributed by atoms with Crippen LogP contribution in [0.4, 0.5) is 0 Å². The lowest BCUT2D eigenvalue weighted by Gasteiger charge is -2.12. The number of hydrogen-bond acceptors (Lipinski definition) is 2. The molecule has 0 aliphatic heterocycles. The van der Waals surface area contributed by atoms with E-state index in [1.54, 1.807) is 0 Å². The van der Waals surface area contributed by atoms with E-state index >= 15 is 0 Å². The van der Waals surface area contributed by atoms with E-state index in [0.717, 1.165) is 24.3 Å². The van der Waals surface area contributed by atoms with Crippen molar-refractivity contribution in [3.8, 4) is 11.5 Å². The van der Waals surface area contributed by atoms with Crippen LogP contribution in [-0.4, -0.2) is 22.9 Å². The van der Waals surface area contributed by atoms with Crippen molar-refractivity contribution in [1.29, 1.82) is 0 Å². The van der Waals surface area contributed by atoms with Gasteiger partial charge in [0.05, 0.1) is 0 Å². The predicted octanol–water partition coefficient (Wildman–Crippen LogP) is 4.79. The van der Waals surface area contributed by atoms with E-state index in [2.05, 4.69) is 45.7 Å². The summed E-state index contributed by atoms with van der Waals surface area (Å²) in [6, 6.07) is 7.78. The Morgan fingerprint density at radius 1 is 0.833 bits per heavy atom. The molecule has 0 amide bonds. The normalized spacial score (nSPS) is 14.0. The van der Waals surface area contributed by atoms with E-state index in [4.69, 9.17) is 9.47 Å². The van der Waals surface area contributed by atoms with Crippen LogP contribution in [0, 0.1) is 0 Å². The van der Waals surface area contributed by atoms with Crippen molar-refractivity contribution in [3.63, 3.8) is 0 Å². The van der Waals surface area contributed by atoms with Gasteiger partial charge in [0.15, 0.2) is 0 Å². The van der Waals surface area contributed by atoms with E-state index in [-0.39, 0.29) is 0 Å². The smallest absolute Gasteiger partial charge is 0.119 e. The molecular weight excluding hydrogens is 360 g/mol. The minimum Gasteiger partial charge on any atom is -0.492 e. The van der Waals surface area contributed by atoms with Gasteiger partial charge in [-0.25, -0.2) is 0 Å². The predicted molar refractivity (Wildman–Crippen MR) is 83.4 cm³/mol. The van der Waals surface area contributed by atoms with E-state index in [9.17, 15) is 0 Å². The first kappa shape index (κ1) is 15.8. The molecule has 0 bridgehead atoms. The Balaban J connectivity index is 2.37.